The summed E-state index contributed by atoms with van der Waals surface area (Å²) in [5.41, 5.74) is 8.06. The number of hydrogen-bond donors (Lipinski definition) is 1. The second-order valence-corrected chi connectivity index (χ2v) is 8.91. The number of ether oxygens (including phenoxy) is 1. The highest BCUT2D eigenvalue weighted by Gasteiger charge is 2.26. The minimum atomic E-state index is -3.91. The van der Waals surface area contributed by atoms with Crippen LogP contribution in [0.1, 0.15) is 5.69 Å². The molecule has 9 nitrogen and oxygen atoms in total. The molecule has 0 radical (unpaired) electrons. The van der Waals surface area contributed by atoms with Gasteiger partial charge in [0.25, 0.3) is 0 Å². The molecule has 0 bridgehead atoms. The average molecular weight is 467 g/mol. The molecule has 0 spiro atoms. The van der Waals surface area contributed by atoms with E-state index < -0.39 is 10.0 Å². The Kier molecular flexibility index (Phi) is 7.41. The van der Waals surface area contributed by atoms with Gasteiger partial charge in [0.2, 0.25) is 10.0 Å². The number of nitrogen functional groups attached to an aromatic ring is 1. The van der Waals surface area contributed by atoms with Crippen LogP contribution >= 0.6 is 0 Å². The first-order valence-electron chi connectivity index (χ1n) is 10.1. The van der Waals surface area contributed by atoms with Crippen molar-refractivity contribution in [3.8, 4) is 11.4 Å². The minimum absolute atomic E-state index is 0.0255. The Balaban J connectivity index is 2.08. The van der Waals surface area contributed by atoms with Crippen molar-refractivity contribution in [2.45, 2.75) is 11.8 Å². The van der Waals surface area contributed by atoms with Crippen molar-refractivity contribution in [2.75, 3.05) is 25.9 Å². The highest BCUT2D eigenvalue weighted by molar-refractivity contribution is 7.89. The van der Waals surface area contributed by atoms with Crippen molar-refractivity contribution in [1.82, 2.24) is 14.1 Å². The fraction of sp³-hybridized carbons (Fsp3) is 0.174. The number of anilines is 1. The molecule has 3 rings (SSSR count). The smallest absolute Gasteiger partial charge is 0.245 e. The van der Waals surface area contributed by atoms with Crippen LogP contribution in [-0.4, -0.2) is 42.7 Å². The molecule has 0 saturated carbocycles. The molecular formula is C23H26N6O3S. The van der Waals surface area contributed by atoms with Gasteiger partial charge < -0.3 is 10.5 Å². The summed E-state index contributed by atoms with van der Waals surface area (Å²) in [6.45, 7) is 9.26. The van der Waals surface area contributed by atoms with Gasteiger partial charge in [0.05, 0.1) is 18.5 Å². The van der Waals surface area contributed by atoms with Crippen molar-refractivity contribution in [1.29, 1.82) is 0 Å². The van der Waals surface area contributed by atoms with Gasteiger partial charge >= 0.3 is 0 Å². The van der Waals surface area contributed by atoms with Gasteiger partial charge in [0, 0.05) is 19.2 Å². The maximum absolute atomic E-state index is 13.3. The number of aryl methyl sites for hydroxylation is 1. The van der Waals surface area contributed by atoms with Crippen LogP contribution in [0, 0.1) is 6.92 Å². The summed E-state index contributed by atoms with van der Waals surface area (Å²) in [5.74, 6) is 0.723. The Morgan fingerprint density at radius 2 is 1.79 bits per heavy atom. The van der Waals surface area contributed by atoms with Crippen LogP contribution in [0.3, 0.4) is 0 Å². The van der Waals surface area contributed by atoms with Gasteiger partial charge in [-0.3, -0.25) is 0 Å². The first-order chi connectivity index (χ1) is 15.8. The van der Waals surface area contributed by atoms with E-state index in [0.29, 0.717) is 17.1 Å². The number of nitrogens with two attached hydrogens (primary N) is 1. The van der Waals surface area contributed by atoms with Crippen LogP contribution in [0.25, 0.3) is 5.69 Å². The quantitative estimate of drug-likeness (QED) is 0.348. The Labute approximate surface area is 193 Å². The molecule has 10 heteroatoms. The number of hydrogen-bond acceptors (Lipinski definition) is 7. The van der Waals surface area contributed by atoms with E-state index >= 15 is 0 Å². The van der Waals surface area contributed by atoms with Crippen LogP contribution in [0.4, 0.5) is 17.2 Å². The van der Waals surface area contributed by atoms with Gasteiger partial charge in [-0.1, -0.05) is 30.4 Å². The fourth-order valence-corrected chi connectivity index (χ4v) is 4.63. The Morgan fingerprint density at radius 1 is 1.12 bits per heavy atom. The molecule has 0 aliphatic carbocycles. The largest absolute Gasteiger partial charge is 0.497 e. The lowest BCUT2D eigenvalue weighted by molar-refractivity contribution is 0.414. The van der Waals surface area contributed by atoms with Crippen molar-refractivity contribution in [3.05, 3.63) is 79.5 Å². The lowest BCUT2D eigenvalue weighted by Gasteiger charge is -2.20. The molecule has 1 heterocycles. The first-order valence-corrected chi connectivity index (χ1v) is 11.5. The highest BCUT2D eigenvalue weighted by Crippen LogP contribution is 2.35. The van der Waals surface area contributed by atoms with Gasteiger partial charge in [-0.25, -0.2) is 13.1 Å². The summed E-state index contributed by atoms with van der Waals surface area (Å²) in [4.78, 5) is -0.0255. The number of benzene rings is 2. The topological polar surface area (TPSA) is 115 Å². The molecule has 172 valence electrons. The highest BCUT2D eigenvalue weighted by atomic mass is 32.2. The summed E-state index contributed by atoms with van der Waals surface area (Å²) in [5, 5.41) is 12.9. The summed E-state index contributed by atoms with van der Waals surface area (Å²) < 4.78 is 34.7. The zero-order valence-electron chi connectivity index (χ0n) is 18.5. The van der Waals surface area contributed by atoms with E-state index in [0.717, 1.165) is 5.69 Å². The summed E-state index contributed by atoms with van der Waals surface area (Å²) in [6, 6.07) is 13.9. The molecule has 0 aliphatic heterocycles. The van der Waals surface area contributed by atoms with E-state index in [4.69, 9.17) is 10.5 Å². The SMILES string of the molecule is C=CCN(CC=C)S(=O)(=O)c1ccc(OC)cc1/N=N/c1c(C)nn(-c2ccccc2)c1N. The van der Waals surface area contributed by atoms with Gasteiger partial charge in [-0.2, -0.15) is 9.40 Å². The molecular weight excluding hydrogens is 440 g/mol. The van der Waals surface area contributed by atoms with Crippen molar-refractivity contribution in [2.24, 2.45) is 10.2 Å². The van der Waals surface area contributed by atoms with E-state index in [1.54, 1.807) is 17.7 Å². The molecule has 0 amide bonds. The fourth-order valence-electron chi connectivity index (χ4n) is 3.15. The van der Waals surface area contributed by atoms with Crippen molar-refractivity contribution >= 4 is 27.2 Å². The van der Waals surface area contributed by atoms with Crippen LogP contribution in [0.2, 0.25) is 0 Å². The predicted molar refractivity (Wildman–Crippen MR) is 129 cm³/mol. The molecule has 0 saturated heterocycles. The van der Waals surface area contributed by atoms with Crippen molar-refractivity contribution < 1.29 is 13.2 Å². The third-order valence-electron chi connectivity index (χ3n) is 4.77. The Hall–Kier alpha value is -3.76. The number of sulfonamides is 1. The summed E-state index contributed by atoms with van der Waals surface area (Å²) >= 11 is 0. The van der Waals surface area contributed by atoms with Gasteiger partial charge in [0.15, 0.2) is 11.5 Å². The molecule has 2 N–H and O–H groups in total. The van der Waals surface area contributed by atoms with E-state index in [9.17, 15) is 8.42 Å². The predicted octanol–water partition coefficient (Wildman–Crippen LogP) is 4.55. The zero-order valence-corrected chi connectivity index (χ0v) is 19.4. The number of nitrogens with zero attached hydrogens (tertiary/aromatic N) is 5. The Bertz CT molecular complexity index is 1270. The number of rotatable bonds is 10. The molecule has 0 unspecified atom stereocenters. The minimum Gasteiger partial charge on any atom is -0.497 e. The number of aromatic nitrogens is 2. The van der Waals surface area contributed by atoms with Crippen LogP contribution in [-0.2, 0) is 10.0 Å². The van der Waals surface area contributed by atoms with Gasteiger partial charge in [-0.05, 0) is 31.2 Å². The molecule has 0 fully saturated rings. The monoisotopic (exact) mass is 466 g/mol. The normalized spacial score (nSPS) is 11.7. The number of azo groups is 1. The molecule has 0 atom stereocenters. The summed E-state index contributed by atoms with van der Waals surface area (Å²) in [6.07, 6.45) is 3.02. The third-order valence-corrected chi connectivity index (χ3v) is 6.65. The lowest BCUT2D eigenvalue weighted by atomic mass is 10.3. The first kappa shape index (κ1) is 23.9. The second kappa shape index (κ2) is 10.2. The van der Waals surface area contributed by atoms with Gasteiger partial charge in [-0.15, -0.1) is 23.4 Å². The van der Waals surface area contributed by atoms with E-state index in [2.05, 4.69) is 28.5 Å². The lowest BCUT2D eigenvalue weighted by Crippen LogP contribution is -2.31. The van der Waals surface area contributed by atoms with Crippen molar-refractivity contribution in [3.63, 3.8) is 0 Å². The van der Waals surface area contributed by atoms with Crippen LogP contribution < -0.4 is 10.5 Å². The maximum atomic E-state index is 13.3. The van der Waals surface area contributed by atoms with Crippen LogP contribution in [0.5, 0.6) is 5.75 Å². The van der Waals surface area contributed by atoms with E-state index in [-0.39, 0.29) is 29.5 Å². The second-order valence-electron chi connectivity index (χ2n) is 7.00. The standard InChI is InChI=1S/C23H26N6O3S/c1-5-14-28(15-6-2)33(30,31)21-13-12-19(32-4)16-20(21)25-26-22-17(3)27-29(23(22)24)18-10-8-7-9-11-18/h5-13,16H,1-2,14-15,24H2,3-4H3/b26-25+. The number of para-hydroxylation sites is 1. The van der Waals surface area contributed by atoms with Gasteiger partial charge in [0.1, 0.15) is 16.3 Å². The van der Waals surface area contributed by atoms with E-state index in [1.807, 2.05) is 30.3 Å². The van der Waals surface area contributed by atoms with E-state index in [1.165, 1.54) is 35.7 Å². The van der Waals surface area contributed by atoms with Crippen LogP contribution in [0.15, 0.2) is 89.0 Å². The molecule has 33 heavy (non-hydrogen) atoms. The average Bonchev–Trinajstić information content (AvgIpc) is 3.11. The molecule has 3 aromatic rings. The number of methoxy groups -OCH3 is 1. The summed E-state index contributed by atoms with van der Waals surface area (Å²) in [7, 11) is -2.43. The zero-order chi connectivity index (χ0) is 24.0. The molecule has 2 aromatic carbocycles. The molecule has 1 aromatic heterocycles. The third kappa shape index (κ3) is 5.02. The maximum Gasteiger partial charge on any atom is 0.245 e. The Morgan fingerprint density at radius 3 is 2.39 bits per heavy atom. The molecule has 0 aliphatic rings.